The quantitative estimate of drug-likeness (QED) is 0.308. The summed E-state index contributed by atoms with van der Waals surface area (Å²) < 4.78 is 40.1. The van der Waals surface area contributed by atoms with E-state index in [2.05, 4.69) is 9.97 Å². The van der Waals surface area contributed by atoms with E-state index in [1.54, 1.807) is 29.1 Å². The molecule has 0 saturated heterocycles. The highest BCUT2D eigenvalue weighted by atomic mass is 19.4. The first-order valence-corrected chi connectivity index (χ1v) is 11.6. The molecule has 0 bridgehead atoms. The van der Waals surface area contributed by atoms with E-state index in [0.717, 1.165) is 29.5 Å². The number of aliphatic carboxylic acids is 1. The SMILES string of the molecule is O=C(O)C(Cn1ccnc1)N(Cc1ccc(-c2ccccn2)cc1)C(=O)/C=C/c1ccc(C(F)(F)F)cc1. The van der Waals surface area contributed by atoms with E-state index in [4.69, 9.17) is 0 Å². The monoisotopic (exact) mass is 520 g/mol. The molecule has 10 heteroatoms. The lowest BCUT2D eigenvalue weighted by Crippen LogP contribution is -2.46. The van der Waals surface area contributed by atoms with Gasteiger partial charge in [-0.15, -0.1) is 0 Å². The smallest absolute Gasteiger partial charge is 0.416 e. The molecule has 2 aromatic heterocycles. The Morgan fingerprint density at radius 2 is 1.74 bits per heavy atom. The van der Waals surface area contributed by atoms with Crippen molar-refractivity contribution in [3.05, 3.63) is 114 Å². The van der Waals surface area contributed by atoms with E-state index in [1.807, 2.05) is 30.3 Å². The van der Waals surface area contributed by atoms with Crippen molar-refractivity contribution >= 4 is 18.0 Å². The lowest BCUT2D eigenvalue weighted by Gasteiger charge is -2.28. The van der Waals surface area contributed by atoms with Gasteiger partial charge in [0.25, 0.3) is 0 Å². The number of halogens is 3. The Morgan fingerprint density at radius 3 is 2.32 bits per heavy atom. The maximum absolute atomic E-state index is 13.3. The lowest BCUT2D eigenvalue weighted by molar-refractivity contribution is -0.149. The zero-order valence-electron chi connectivity index (χ0n) is 20.0. The third-order valence-electron chi connectivity index (χ3n) is 5.81. The van der Waals surface area contributed by atoms with E-state index >= 15 is 0 Å². The highest BCUT2D eigenvalue weighted by Gasteiger charge is 2.30. The minimum Gasteiger partial charge on any atom is -0.480 e. The molecule has 0 aliphatic rings. The van der Waals surface area contributed by atoms with Crippen molar-refractivity contribution < 1.29 is 27.9 Å². The average molecular weight is 521 g/mol. The van der Waals surface area contributed by atoms with Crippen molar-refractivity contribution in [3.63, 3.8) is 0 Å². The van der Waals surface area contributed by atoms with Gasteiger partial charge in [-0.25, -0.2) is 9.78 Å². The number of hydrogen-bond acceptors (Lipinski definition) is 4. The van der Waals surface area contributed by atoms with E-state index in [1.165, 1.54) is 35.6 Å². The molecule has 4 aromatic rings. The third-order valence-corrected chi connectivity index (χ3v) is 5.81. The summed E-state index contributed by atoms with van der Waals surface area (Å²) in [6.07, 6.45) is 4.29. The largest absolute Gasteiger partial charge is 0.480 e. The van der Waals surface area contributed by atoms with Crippen LogP contribution in [-0.4, -0.2) is 42.5 Å². The molecule has 1 atom stereocenters. The number of rotatable bonds is 9. The van der Waals surface area contributed by atoms with Crippen molar-refractivity contribution in [3.8, 4) is 11.3 Å². The molecule has 38 heavy (non-hydrogen) atoms. The molecule has 4 rings (SSSR count). The predicted octanol–water partition coefficient (Wildman–Crippen LogP) is 5.16. The van der Waals surface area contributed by atoms with Crippen molar-refractivity contribution in [2.24, 2.45) is 0 Å². The van der Waals surface area contributed by atoms with Crippen LogP contribution in [0.4, 0.5) is 13.2 Å². The van der Waals surface area contributed by atoms with Crippen molar-refractivity contribution in [1.82, 2.24) is 19.4 Å². The first kappa shape index (κ1) is 26.3. The summed E-state index contributed by atoms with van der Waals surface area (Å²) in [5.74, 6) is -1.81. The van der Waals surface area contributed by atoms with E-state index in [0.29, 0.717) is 11.1 Å². The molecule has 1 N–H and O–H groups in total. The number of carbonyl (C=O) groups excluding carboxylic acids is 1. The zero-order valence-corrected chi connectivity index (χ0v) is 20.0. The molecule has 7 nitrogen and oxygen atoms in total. The number of carbonyl (C=O) groups is 2. The standard InChI is InChI=1S/C28H23F3N4O3/c29-28(30,31)23-11-6-20(7-12-23)8-13-26(36)35(25(27(37)38)18-34-16-15-32-19-34)17-21-4-9-22(10-5-21)24-3-1-2-14-33-24/h1-16,19,25H,17-18H2,(H,37,38)/b13-8+. The van der Waals surface area contributed by atoms with Crippen LogP contribution in [0.15, 0.2) is 97.7 Å². The molecule has 2 heterocycles. The second-order valence-corrected chi connectivity index (χ2v) is 8.44. The Kier molecular flexibility index (Phi) is 8.00. The van der Waals surface area contributed by atoms with Crippen LogP contribution in [0.5, 0.6) is 0 Å². The molecule has 2 aromatic carbocycles. The molecule has 0 aliphatic carbocycles. The summed E-state index contributed by atoms with van der Waals surface area (Å²) in [4.78, 5) is 35.0. The maximum atomic E-state index is 13.3. The number of hydrogen-bond donors (Lipinski definition) is 1. The van der Waals surface area contributed by atoms with Gasteiger partial charge in [0.1, 0.15) is 6.04 Å². The molecule has 0 aliphatic heterocycles. The Labute approximate surface area is 216 Å². The van der Waals surface area contributed by atoms with Gasteiger partial charge < -0.3 is 14.6 Å². The lowest BCUT2D eigenvalue weighted by atomic mass is 10.1. The van der Waals surface area contributed by atoms with Crippen LogP contribution < -0.4 is 0 Å². The number of alkyl halides is 3. The van der Waals surface area contributed by atoms with Crippen LogP contribution >= 0.6 is 0 Å². The molecule has 0 spiro atoms. The summed E-state index contributed by atoms with van der Waals surface area (Å²) >= 11 is 0. The average Bonchev–Trinajstić information content (AvgIpc) is 3.43. The van der Waals surface area contributed by atoms with Gasteiger partial charge in [0, 0.05) is 36.8 Å². The van der Waals surface area contributed by atoms with E-state index in [9.17, 15) is 27.9 Å². The topological polar surface area (TPSA) is 88.3 Å². The Bertz CT molecular complexity index is 1390. The third kappa shape index (κ3) is 6.73. The summed E-state index contributed by atoms with van der Waals surface area (Å²) in [7, 11) is 0. The van der Waals surface area contributed by atoms with Gasteiger partial charge >= 0.3 is 12.1 Å². The van der Waals surface area contributed by atoms with Gasteiger partial charge in [-0.1, -0.05) is 42.5 Å². The van der Waals surface area contributed by atoms with Gasteiger partial charge in [-0.2, -0.15) is 13.2 Å². The van der Waals surface area contributed by atoms with Crippen LogP contribution in [0.2, 0.25) is 0 Å². The molecule has 1 unspecified atom stereocenters. The van der Waals surface area contributed by atoms with Gasteiger partial charge in [0.05, 0.1) is 24.1 Å². The first-order chi connectivity index (χ1) is 18.2. The van der Waals surface area contributed by atoms with Crippen molar-refractivity contribution in [1.29, 1.82) is 0 Å². The summed E-state index contributed by atoms with van der Waals surface area (Å²) in [5.41, 5.74) is 1.89. The summed E-state index contributed by atoms with van der Waals surface area (Å²) in [6, 6.07) is 15.9. The number of amides is 1. The number of benzene rings is 2. The Morgan fingerprint density at radius 1 is 1.00 bits per heavy atom. The van der Waals surface area contributed by atoms with Crippen LogP contribution in [0, 0.1) is 0 Å². The number of pyridine rings is 1. The highest BCUT2D eigenvalue weighted by Crippen LogP contribution is 2.29. The minimum absolute atomic E-state index is 0.00958. The molecular formula is C28H23F3N4O3. The molecular weight excluding hydrogens is 497 g/mol. The fraction of sp³-hybridized carbons (Fsp3) is 0.143. The molecule has 0 fully saturated rings. The van der Waals surface area contributed by atoms with Crippen molar-refractivity contribution in [2.45, 2.75) is 25.3 Å². The zero-order chi connectivity index (χ0) is 27.1. The molecule has 0 saturated carbocycles. The molecule has 194 valence electrons. The van der Waals surface area contributed by atoms with Crippen molar-refractivity contribution in [2.75, 3.05) is 0 Å². The maximum Gasteiger partial charge on any atom is 0.416 e. The minimum atomic E-state index is -4.47. The van der Waals surface area contributed by atoms with Crippen LogP contribution in [0.25, 0.3) is 17.3 Å². The highest BCUT2D eigenvalue weighted by molar-refractivity contribution is 5.94. The fourth-order valence-electron chi connectivity index (χ4n) is 3.80. The van der Waals surface area contributed by atoms with Crippen LogP contribution in [0.3, 0.4) is 0 Å². The second-order valence-electron chi connectivity index (χ2n) is 8.44. The van der Waals surface area contributed by atoms with Gasteiger partial charge in [0.2, 0.25) is 5.91 Å². The summed E-state index contributed by atoms with van der Waals surface area (Å²) in [5, 5.41) is 9.99. The first-order valence-electron chi connectivity index (χ1n) is 11.6. The second kappa shape index (κ2) is 11.5. The summed E-state index contributed by atoms with van der Waals surface area (Å²) in [6.45, 7) is -0.0500. The van der Waals surface area contributed by atoms with Gasteiger partial charge in [0.15, 0.2) is 0 Å². The molecule has 1 amide bonds. The molecule has 0 radical (unpaired) electrons. The number of imidazole rings is 1. The fourth-order valence-corrected chi connectivity index (χ4v) is 3.80. The van der Waals surface area contributed by atoms with Crippen LogP contribution in [-0.2, 0) is 28.9 Å². The van der Waals surface area contributed by atoms with E-state index in [-0.39, 0.29) is 13.1 Å². The Balaban J connectivity index is 1.59. The van der Waals surface area contributed by atoms with Gasteiger partial charge in [-0.05, 0) is 41.5 Å². The number of aromatic nitrogens is 3. The van der Waals surface area contributed by atoms with Gasteiger partial charge in [-0.3, -0.25) is 9.78 Å². The van der Waals surface area contributed by atoms with E-state index < -0.39 is 29.7 Å². The Hall–Kier alpha value is -4.73. The predicted molar refractivity (Wildman–Crippen MR) is 134 cm³/mol. The number of nitrogens with zero attached hydrogens (tertiary/aromatic N) is 4. The number of carboxylic acid groups (broad SMARTS) is 1. The normalized spacial score (nSPS) is 12.4. The van der Waals surface area contributed by atoms with Crippen LogP contribution in [0.1, 0.15) is 16.7 Å². The number of carboxylic acids is 1.